The van der Waals surface area contributed by atoms with Crippen molar-refractivity contribution in [2.75, 3.05) is 19.6 Å². The zero-order chi connectivity index (χ0) is 13.9. The normalized spacial score (nSPS) is 21.3. The van der Waals surface area contributed by atoms with E-state index in [-0.39, 0.29) is 10.8 Å². The largest absolute Gasteiger partial charge is 0.314 e. The molecule has 1 saturated heterocycles. The molecule has 1 saturated carbocycles. The summed E-state index contributed by atoms with van der Waals surface area (Å²) < 4.78 is 13.4. The summed E-state index contributed by atoms with van der Waals surface area (Å²) in [5, 5.41) is 3.89. The van der Waals surface area contributed by atoms with Gasteiger partial charge >= 0.3 is 0 Å². The summed E-state index contributed by atoms with van der Waals surface area (Å²) in [6.45, 7) is 4.20. The van der Waals surface area contributed by atoms with Crippen molar-refractivity contribution in [1.82, 2.24) is 10.2 Å². The minimum absolute atomic E-state index is 0.205. The topological polar surface area (TPSA) is 15.3 Å². The molecular weight excluding hydrogens is 275 g/mol. The summed E-state index contributed by atoms with van der Waals surface area (Å²) in [7, 11) is 0. The number of hydrogen-bond acceptors (Lipinski definition) is 2. The molecule has 1 heterocycles. The molecule has 0 aromatic heterocycles. The van der Waals surface area contributed by atoms with Crippen LogP contribution in [0.4, 0.5) is 4.39 Å². The zero-order valence-electron chi connectivity index (χ0n) is 11.7. The number of piperidine rings is 1. The third kappa shape index (κ3) is 3.94. The fourth-order valence-electron chi connectivity index (χ4n) is 2.85. The molecule has 0 amide bonds. The highest BCUT2D eigenvalue weighted by Crippen LogP contribution is 2.28. The van der Waals surface area contributed by atoms with Crippen LogP contribution in [0.15, 0.2) is 18.2 Å². The van der Waals surface area contributed by atoms with E-state index in [1.54, 1.807) is 12.1 Å². The van der Waals surface area contributed by atoms with E-state index >= 15 is 0 Å². The van der Waals surface area contributed by atoms with E-state index < -0.39 is 0 Å². The molecule has 20 heavy (non-hydrogen) atoms. The lowest BCUT2D eigenvalue weighted by Gasteiger charge is -2.32. The number of rotatable bonds is 5. The van der Waals surface area contributed by atoms with Gasteiger partial charge in [-0.2, -0.15) is 0 Å². The van der Waals surface area contributed by atoms with Crippen molar-refractivity contribution < 1.29 is 4.39 Å². The first-order chi connectivity index (χ1) is 9.70. The average Bonchev–Trinajstić information content (AvgIpc) is 3.26. The summed E-state index contributed by atoms with van der Waals surface area (Å²) in [5.74, 6) is 0.634. The second-order valence-electron chi connectivity index (χ2n) is 6.15. The Hall–Kier alpha value is -0.640. The number of halogens is 2. The summed E-state index contributed by atoms with van der Waals surface area (Å²) in [4.78, 5) is 2.40. The van der Waals surface area contributed by atoms with Crippen LogP contribution in [0.3, 0.4) is 0 Å². The monoisotopic (exact) mass is 296 g/mol. The van der Waals surface area contributed by atoms with Gasteiger partial charge in [0.05, 0.1) is 5.02 Å². The molecule has 0 atom stereocenters. The average molecular weight is 297 g/mol. The highest BCUT2D eigenvalue weighted by Gasteiger charge is 2.24. The van der Waals surface area contributed by atoms with Gasteiger partial charge in [0.15, 0.2) is 0 Å². The standard InChI is InChI=1S/C16H22ClFN2/c17-15-4-3-13(9-16(15)18)11-20-7-5-14(6-8-20)19-10-12-1-2-12/h3-4,9,12,14,19H,1-2,5-8,10-11H2. The van der Waals surface area contributed by atoms with Gasteiger partial charge in [0.2, 0.25) is 0 Å². The van der Waals surface area contributed by atoms with Crippen molar-refractivity contribution in [1.29, 1.82) is 0 Å². The van der Waals surface area contributed by atoms with Crippen molar-refractivity contribution in [2.24, 2.45) is 5.92 Å². The van der Waals surface area contributed by atoms with Crippen molar-refractivity contribution in [3.05, 3.63) is 34.6 Å². The van der Waals surface area contributed by atoms with Crippen LogP contribution in [0, 0.1) is 11.7 Å². The maximum atomic E-state index is 13.4. The molecule has 1 aromatic carbocycles. The molecule has 1 aromatic rings. The third-order valence-corrected chi connectivity index (χ3v) is 4.68. The molecule has 2 fully saturated rings. The maximum Gasteiger partial charge on any atom is 0.142 e. The Balaban J connectivity index is 1.44. The summed E-state index contributed by atoms with van der Waals surface area (Å²) in [6.07, 6.45) is 5.22. The van der Waals surface area contributed by atoms with Gasteiger partial charge in [0.1, 0.15) is 5.82 Å². The molecule has 1 aliphatic carbocycles. The highest BCUT2D eigenvalue weighted by atomic mass is 35.5. The first-order valence-corrected chi connectivity index (χ1v) is 7.98. The van der Waals surface area contributed by atoms with Crippen LogP contribution in [-0.2, 0) is 6.54 Å². The van der Waals surface area contributed by atoms with Gasteiger partial charge in [-0.25, -0.2) is 4.39 Å². The van der Waals surface area contributed by atoms with E-state index in [1.165, 1.54) is 32.2 Å². The summed E-state index contributed by atoms with van der Waals surface area (Å²) in [6, 6.07) is 5.80. The van der Waals surface area contributed by atoms with Crippen LogP contribution < -0.4 is 5.32 Å². The maximum absolute atomic E-state index is 13.4. The van der Waals surface area contributed by atoms with Crippen LogP contribution in [-0.4, -0.2) is 30.6 Å². The predicted octanol–water partition coefficient (Wildman–Crippen LogP) is 3.44. The van der Waals surface area contributed by atoms with Crippen LogP contribution >= 0.6 is 11.6 Å². The smallest absolute Gasteiger partial charge is 0.142 e. The molecule has 0 unspecified atom stereocenters. The van der Waals surface area contributed by atoms with Crippen molar-refractivity contribution >= 4 is 11.6 Å². The van der Waals surface area contributed by atoms with Gasteiger partial charge in [0, 0.05) is 12.6 Å². The second-order valence-corrected chi connectivity index (χ2v) is 6.56. The first kappa shape index (κ1) is 14.3. The van der Waals surface area contributed by atoms with Gasteiger partial charge in [0.25, 0.3) is 0 Å². The number of nitrogens with one attached hydrogen (secondary N) is 1. The van der Waals surface area contributed by atoms with E-state index in [1.807, 2.05) is 6.07 Å². The minimum atomic E-state index is -0.315. The molecule has 2 nitrogen and oxygen atoms in total. The van der Waals surface area contributed by atoms with Gasteiger partial charge in [-0.15, -0.1) is 0 Å². The Morgan fingerprint density at radius 2 is 1.95 bits per heavy atom. The molecule has 2 aliphatic rings. The molecule has 110 valence electrons. The quantitative estimate of drug-likeness (QED) is 0.895. The van der Waals surface area contributed by atoms with Gasteiger partial charge < -0.3 is 5.32 Å². The lowest BCUT2D eigenvalue weighted by Crippen LogP contribution is -2.42. The Kier molecular flexibility index (Phi) is 4.59. The van der Waals surface area contributed by atoms with Crippen LogP contribution in [0.5, 0.6) is 0 Å². The van der Waals surface area contributed by atoms with Crippen LogP contribution in [0.2, 0.25) is 5.02 Å². The Morgan fingerprint density at radius 1 is 1.20 bits per heavy atom. The SMILES string of the molecule is Fc1cc(CN2CCC(NCC3CC3)CC2)ccc1Cl. The zero-order valence-corrected chi connectivity index (χ0v) is 12.5. The van der Waals surface area contributed by atoms with E-state index in [4.69, 9.17) is 11.6 Å². The van der Waals surface area contributed by atoms with Gasteiger partial charge in [-0.05, 0) is 68.9 Å². The molecule has 3 rings (SSSR count). The predicted molar refractivity (Wildman–Crippen MR) is 80.4 cm³/mol. The Morgan fingerprint density at radius 3 is 2.60 bits per heavy atom. The fraction of sp³-hybridized carbons (Fsp3) is 0.625. The molecule has 4 heteroatoms. The highest BCUT2D eigenvalue weighted by molar-refractivity contribution is 6.30. The number of benzene rings is 1. The summed E-state index contributed by atoms with van der Waals surface area (Å²) >= 11 is 5.71. The van der Waals surface area contributed by atoms with Crippen molar-refractivity contribution in [2.45, 2.75) is 38.3 Å². The Bertz CT molecular complexity index is 454. The number of nitrogens with zero attached hydrogens (tertiary/aromatic N) is 1. The van der Waals surface area contributed by atoms with E-state index in [0.717, 1.165) is 31.1 Å². The molecule has 1 N–H and O–H groups in total. The molecule has 0 radical (unpaired) electrons. The lowest BCUT2D eigenvalue weighted by molar-refractivity contribution is 0.190. The van der Waals surface area contributed by atoms with E-state index in [2.05, 4.69) is 10.2 Å². The molecular formula is C16H22ClFN2. The molecule has 1 aliphatic heterocycles. The minimum Gasteiger partial charge on any atom is -0.314 e. The van der Waals surface area contributed by atoms with Crippen LogP contribution in [0.1, 0.15) is 31.2 Å². The molecule has 0 bridgehead atoms. The lowest BCUT2D eigenvalue weighted by atomic mass is 10.0. The van der Waals surface area contributed by atoms with Gasteiger partial charge in [-0.3, -0.25) is 4.90 Å². The Labute approximate surface area is 125 Å². The van der Waals surface area contributed by atoms with Crippen molar-refractivity contribution in [3.8, 4) is 0 Å². The third-order valence-electron chi connectivity index (χ3n) is 4.37. The molecule has 0 spiro atoms. The fourth-order valence-corrected chi connectivity index (χ4v) is 2.96. The van der Waals surface area contributed by atoms with E-state index in [0.29, 0.717) is 6.04 Å². The van der Waals surface area contributed by atoms with Gasteiger partial charge in [-0.1, -0.05) is 17.7 Å². The number of hydrogen-bond donors (Lipinski definition) is 1. The van der Waals surface area contributed by atoms with Crippen molar-refractivity contribution in [3.63, 3.8) is 0 Å². The summed E-state index contributed by atoms with van der Waals surface area (Å²) in [5.41, 5.74) is 1.01. The second kappa shape index (κ2) is 6.42. The number of likely N-dealkylation sites (tertiary alicyclic amines) is 1. The first-order valence-electron chi connectivity index (χ1n) is 7.60. The van der Waals surface area contributed by atoms with Crippen LogP contribution in [0.25, 0.3) is 0 Å². The van der Waals surface area contributed by atoms with E-state index in [9.17, 15) is 4.39 Å².